The highest BCUT2D eigenvalue weighted by Gasteiger charge is 2.32. The number of hydrogen-bond acceptors (Lipinski definition) is 6. The number of aromatic nitrogens is 1. The minimum atomic E-state index is -0.448. The number of carbonyl (C=O) groups excluding carboxylic acids is 1. The first-order valence-electron chi connectivity index (χ1n) is 17.0. The van der Waals surface area contributed by atoms with Gasteiger partial charge in [-0.2, -0.15) is 4.98 Å². The van der Waals surface area contributed by atoms with Crippen molar-refractivity contribution in [3.05, 3.63) is 108 Å². The van der Waals surface area contributed by atoms with Gasteiger partial charge in [-0.1, -0.05) is 72.8 Å². The summed E-state index contributed by atoms with van der Waals surface area (Å²) in [4.78, 5) is 21.7. The molecule has 7 nitrogen and oxygen atoms in total. The first-order valence-corrected chi connectivity index (χ1v) is 17.0. The number of nitrogens with zero attached hydrogens (tertiary/aromatic N) is 3. The van der Waals surface area contributed by atoms with Crippen molar-refractivity contribution in [2.24, 2.45) is 11.8 Å². The number of rotatable bonds is 9. The van der Waals surface area contributed by atoms with Gasteiger partial charge in [0.25, 0.3) is 0 Å². The fourth-order valence-corrected chi connectivity index (χ4v) is 6.65. The Hall–Kier alpha value is -4.52. The minimum absolute atomic E-state index is 0.174. The molecule has 47 heavy (non-hydrogen) atoms. The summed E-state index contributed by atoms with van der Waals surface area (Å²) in [5.74, 6) is 2.49. The maximum absolute atomic E-state index is 12.5. The van der Waals surface area contributed by atoms with E-state index in [1.807, 2.05) is 86.3 Å². The molecule has 0 radical (unpaired) electrons. The fraction of sp³-hybridized carbons (Fsp3) is 0.400. The molecule has 3 aromatic carbocycles. The first kappa shape index (κ1) is 32.4. The summed E-state index contributed by atoms with van der Waals surface area (Å²) >= 11 is 0. The normalized spacial score (nSPS) is 16.1. The summed E-state index contributed by atoms with van der Waals surface area (Å²) in [7, 11) is 0. The molecule has 1 aromatic heterocycles. The molecule has 4 aromatic rings. The quantitative estimate of drug-likeness (QED) is 0.184. The van der Waals surface area contributed by atoms with Crippen LogP contribution in [0.15, 0.2) is 97.1 Å². The van der Waals surface area contributed by atoms with Crippen LogP contribution in [0.2, 0.25) is 0 Å². The third kappa shape index (κ3) is 8.85. The van der Waals surface area contributed by atoms with Crippen molar-refractivity contribution < 1.29 is 19.0 Å². The molecule has 7 heteroatoms. The molecular weight excluding hydrogens is 586 g/mol. The lowest BCUT2D eigenvalue weighted by molar-refractivity contribution is 0.0152. The second-order valence-corrected chi connectivity index (χ2v) is 13.7. The lowest BCUT2D eigenvalue weighted by atomic mass is 9.79. The molecule has 0 bridgehead atoms. The minimum Gasteiger partial charge on any atom is -0.473 e. The van der Waals surface area contributed by atoms with Gasteiger partial charge in [-0.05, 0) is 93.2 Å². The highest BCUT2D eigenvalue weighted by atomic mass is 16.6. The van der Waals surface area contributed by atoms with E-state index in [9.17, 15) is 4.79 Å². The van der Waals surface area contributed by atoms with Gasteiger partial charge in [0, 0.05) is 43.5 Å². The number of piperidine rings is 2. The third-order valence-corrected chi connectivity index (χ3v) is 9.22. The molecule has 3 heterocycles. The Kier molecular flexibility index (Phi) is 10.3. The van der Waals surface area contributed by atoms with Crippen LogP contribution in [0.25, 0.3) is 11.1 Å². The van der Waals surface area contributed by atoms with E-state index < -0.39 is 5.60 Å². The SMILES string of the molecule is CC(C)(C)OC(=O)N1CCC(C2CCN(c3ccc(-c4ccc(OCc5ccccc5)nc4OCc4ccccc4)cc3)CC2)CC1. The molecular formula is C40H47N3O4. The van der Waals surface area contributed by atoms with E-state index in [0.717, 1.165) is 61.3 Å². The van der Waals surface area contributed by atoms with Gasteiger partial charge in [0.2, 0.25) is 11.8 Å². The fourth-order valence-electron chi connectivity index (χ4n) is 6.65. The maximum atomic E-state index is 12.5. The highest BCUT2D eigenvalue weighted by molar-refractivity contribution is 5.71. The largest absolute Gasteiger partial charge is 0.473 e. The number of pyridine rings is 1. The molecule has 2 aliphatic heterocycles. The van der Waals surface area contributed by atoms with Crippen LogP contribution < -0.4 is 14.4 Å². The summed E-state index contributed by atoms with van der Waals surface area (Å²) in [5.41, 5.74) is 4.98. The summed E-state index contributed by atoms with van der Waals surface area (Å²) in [6, 6.07) is 33.0. The van der Waals surface area contributed by atoms with Crippen LogP contribution in [0.3, 0.4) is 0 Å². The summed E-state index contributed by atoms with van der Waals surface area (Å²) < 4.78 is 17.9. The Labute approximate surface area is 279 Å². The summed E-state index contributed by atoms with van der Waals surface area (Å²) in [6.45, 7) is 10.4. The van der Waals surface area contributed by atoms with E-state index in [4.69, 9.17) is 19.2 Å². The molecule has 0 atom stereocenters. The second-order valence-electron chi connectivity index (χ2n) is 13.7. The smallest absolute Gasteiger partial charge is 0.410 e. The zero-order valence-corrected chi connectivity index (χ0v) is 27.9. The lowest BCUT2D eigenvalue weighted by Crippen LogP contribution is -2.44. The standard InChI is InChI=1S/C40H47N3O4/c1-40(2,3)47-39(44)43-26-22-33(23-27-43)32-20-24-42(25-21-32)35-16-14-34(15-17-35)36-18-19-37(45-28-30-10-6-4-7-11-30)41-38(36)46-29-31-12-8-5-9-13-31/h4-19,32-33H,20-29H2,1-3H3. The van der Waals surface area contributed by atoms with Crippen LogP contribution in [0.1, 0.15) is 57.6 Å². The third-order valence-electron chi connectivity index (χ3n) is 9.22. The Morgan fingerprint density at radius 3 is 1.83 bits per heavy atom. The van der Waals surface area contributed by atoms with Crippen molar-refractivity contribution in [3.63, 3.8) is 0 Å². The van der Waals surface area contributed by atoms with E-state index in [0.29, 0.717) is 36.8 Å². The van der Waals surface area contributed by atoms with E-state index in [-0.39, 0.29) is 6.09 Å². The number of carbonyl (C=O) groups is 1. The van der Waals surface area contributed by atoms with Crippen LogP contribution >= 0.6 is 0 Å². The van der Waals surface area contributed by atoms with Crippen LogP contribution in [0.4, 0.5) is 10.5 Å². The average Bonchev–Trinajstić information content (AvgIpc) is 3.10. The number of amides is 1. The zero-order chi connectivity index (χ0) is 32.6. The topological polar surface area (TPSA) is 64.1 Å². The number of ether oxygens (including phenoxy) is 3. The van der Waals surface area contributed by atoms with Crippen molar-refractivity contribution >= 4 is 11.8 Å². The molecule has 6 rings (SSSR count). The second kappa shape index (κ2) is 14.9. The molecule has 1 amide bonds. The van der Waals surface area contributed by atoms with Gasteiger partial charge < -0.3 is 24.0 Å². The van der Waals surface area contributed by atoms with Crippen LogP contribution in [-0.4, -0.2) is 47.8 Å². The van der Waals surface area contributed by atoms with Gasteiger partial charge in [-0.25, -0.2) is 4.79 Å². The van der Waals surface area contributed by atoms with Gasteiger partial charge in [-0.15, -0.1) is 0 Å². The van der Waals surface area contributed by atoms with E-state index >= 15 is 0 Å². The predicted molar refractivity (Wildman–Crippen MR) is 187 cm³/mol. The molecule has 2 saturated heterocycles. The molecule has 0 aliphatic carbocycles. The monoisotopic (exact) mass is 633 g/mol. The van der Waals surface area contributed by atoms with Crippen molar-refractivity contribution in [3.8, 4) is 22.9 Å². The maximum Gasteiger partial charge on any atom is 0.410 e. The van der Waals surface area contributed by atoms with Crippen LogP contribution in [0.5, 0.6) is 11.8 Å². The molecule has 0 spiro atoms. The first-order chi connectivity index (χ1) is 22.8. The number of hydrogen-bond donors (Lipinski definition) is 0. The lowest BCUT2D eigenvalue weighted by Gasteiger charge is -2.41. The number of likely N-dealkylation sites (tertiary alicyclic amines) is 1. The van der Waals surface area contributed by atoms with Gasteiger partial charge in [-0.3, -0.25) is 0 Å². The molecule has 0 unspecified atom stereocenters. The Morgan fingerprint density at radius 2 is 1.26 bits per heavy atom. The number of benzene rings is 3. The van der Waals surface area contributed by atoms with Crippen molar-refractivity contribution in [2.45, 2.75) is 65.3 Å². The summed E-state index contributed by atoms with van der Waals surface area (Å²) in [6.07, 6.45) is 4.33. The Bertz CT molecular complexity index is 1570. The average molecular weight is 634 g/mol. The van der Waals surface area contributed by atoms with Crippen LogP contribution in [0, 0.1) is 11.8 Å². The van der Waals surface area contributed by atoms with Gasteiger partial charge >= 0.3 is 6.09 Å². The summed E-state index contributed by atoms with van der Waals surface area (Å²) in [5, 5.41) is 0. The van der Waals surface area contributed by atoms with E-state index in [2.05, 4.69) is 41.3 Å². The zero-order valence-electron chi connectivity index (χ0n) is 27.9. The molecule has 2 aliphatic rings. The molecule has 0 N–H and O–H groups in total. The van der Waals surface area contributed by atoms with Gasteiger partial charge in [0.05, 0.1) is 0 Å². The van der Waals surface area contributed by atoms with E-state index in [1.165, 1.54) is 18.5 Å². The van der Waals surface area contributed by atoms with Crippen molar-refractivity contribution in [2.75, 3.05) is 31.1 Å². The van der Waals surface area contributed by atoms with Crippen molar-refractivity contribution in [1.29, 1.82) is 0 Å². The van der Waals surface area contributed by atoms with Gasteiger partial charge in [0.1, 0.15) is 18.8 Å². The predicted octanol–water partition coefficient (Wildman–Crippen LogP) is 8.77. The van der Waals surface area contributed by atoms with Crippen molar-refractivity contribution in [1.82, 2.24) is 9.88 Å². The highest BCUT2D eigenvalue weighted by Crippen LogP contribution is 2.36. The van der Waals surface area contributed by atoms with E-state index in [1.54, 1.807) is 0 Å². The Balaban J connectivity index is 1.07. The number of anilines is 1. The molecule has 0 saturated carbocycles. The van der Waals surface area contributed by atoms with Gasteiger partial charge in [0.15, 0.2) is 0 Å². The molecule has 246 valence electrons. The molecule has 2 fully saturated rings. The van der Waals surface area contributed by atoms with Crippen LogP contribution in [-0.2, 0) is 18.0 Å². The Morgan fingerprint density at radius 1 is 0.702 bits per heavy atom.